The number of nitro groups is 1. The van der Waals surface area contributed by atoms with Gasteiger partial charge < -0.3 is 15.1 Å². The minimum absolute atomic E-state index is 0.113. The summed E-state index contributed by atoms with van der Waals surface area (Å²) in [4.78, 5) is 48.0. The maximum Gasteiger partial charge on any atom is 0.419 e. The molecule has 1 aliphatic rings. The number of carbonyl (C=O) groups excluding carboxylic acids is 2. The number of nitro benzene ring substituents is 1. The molecule has 1 aromatic heterocycles. The Morgan fingerprint density at radius 2 is 1.97 bits per heavy atom. The van der Waals surface area contributed by atoms with E-state index in [1.807, 2.05) is 0 Å². The van der Waals surface area contributed by atoms with Crippen molar-refractivity contribution in [2.45, 2.75) is 76.8 Å². The molecule has 1 heterocycles. The van der Waals surface area contributed by atoms with Gasteiger partial charge in [-0.1, -0.05) is 32.6 Å². The minimum Gasteiger partial charge on any atom is -0.407 e. The summed E-state index contributed by atoms with van der Waals surface area (Å²) < 4.78 is 6.47. The number of hydrogen-bond donors (Lipinski definition) is 2. The molecule has 2 N–H and O–H groups in total. The Morgan fingerprint density at radius 3 is 2.66 bits per heavy atom. The van der Waals surface area contributed by atoms with E-state index in [1.54, 1.807) is 0 Å². The van der Waals surface area contributed by atoms with E-state index in [1.165, 1.54) is 22.8 Å². The standard InChI is InChI=1S/C22H30N4O6/c1-2-3-13-23-20(28)22(11-5-4-6-12-22)24-19(27)8-7-14-25-17-10-9-16(26(30)31)15-18(17)32-21(25)29/h9-10,15H,2-8,11-14H2,1H3,(H,23,28)(H,24,27). The van der Waals surface area contributed by atoms with Crippen LogP contribution in [0.5, 0.6) is 0 Å². The number of rotatable bonds is 10. The third-order valence-corrected chi connectivity index (χ3v) is 5.98. The predicted molar refractivity (Wildman–Crippen MR) is 118 cm³/mol. The lowest BCUT2D eigenvalue weighted by Crippen LogP contribution is -2.59. The molecule has 0 radical (unpaired) electrons. The van der Waals surface area contributed by atoms with Gasteiger partial charge in [-0.25, -0.2) is 4.79 Å². The quantitative estimate of drug-likeness (QED) is 0.327. The van der Waals surface area contributed by atoms with E-state index >= 15 is 0 Å². The first-order chi connectivity index (χ1) is 15.4. The van der Waals surface area contributed by atoms with Gasteiger partial charge in [-0.15, -0.1) is 0 Å². The zero-order valence-electron chi connectivity index (χ0n) is 18.4. The summed E-state index contributed by atoms with van der Waals surface area (Å²) in [6, 6.07) is 3.99. The average Bonchev–Trinajstić information content (AvgIpc) is 3.08. The molecule has 1 fully saturated rings. The van der Waals surface area contributed by atoms with Crippen LogP contribution in [0, 0.1) is 10.1 Å². The normalized spacial score (nSPS) is 15.4. The van der Waals surface area contributed by atoms with Gasteiger partial charge >= 0.3 is 5.76 Å². The van der Waals surface area contributed by atoms with Crippen molar-refractivity contribution >= 4 is 28.6 Å². The van der Waals surface area contributed by atoms with E-state index in [9.17, 15) is 24.5 Å². The van der Waals surface area contributed by atoms with Gasteiger partial charge in [-0.2, -0.15) is 0 Å². The fourth-order valence-electron chi connectivity index (χ4n) is 4.22. The highest BCUT2D eigenvalue weighted by Gasteiger charge is 2.40. The zero-order valence-corrected chi connectivity index (χ0v) is 18.4. The second kappa shape index (κ2) is 10.4. The molecule has 0 bridgehead atoms. The maximum absolute atomic E-state index is 12.8. The van der Waals surface area contributed by atoms with Crippen LogP contribution >= 0.6 is 0 Å². The molecular formula is C22H30N4O6. The van der Waals surface area contributed by atoms with Crippen LogP contribution in [0.25, 0.3) is 11.1 Å². The SMILES string of the molecule is CCCCNC(=O)C1(NC(=O)CCCn2c(=O)oc3cc([N+](=O)[O-])ccc32)CCCCC1. The largest absolute Gasteiger partial charge is 0.419 e. The van der Waals surface area contributed by atoms with E-state index in [4.69, 9.17) is 4.42 Å². The van der Waals surface area contributed by atoms with Crippen LogP contribution in [-0.2, 0) is 16.1 Å². The molecule has 0 atom stereocenters. The zero-order chi connectivity index (χ0) is 23.1. The molecule has 3 rings (SSSR count). The Bertz CT molecular complexity index is 1030. The van der Waals surface area contributed by atoms with Gasteiger partial charge in [0.15, 0.2) is 5.58 Å². The lowest BCUT2D eigenvalue weighted by Gasteiger charge is -2.36. The van der Waals surface area contributed by atoms with E-state index in [0.717, 1.165) is 32.1 Å². The smallest absolute Gasteiger partial charge is 0.407 e. The summed E-state index contributed by atoms with van der Waals surface area (Å²) in [5, 5.41) is 16.8. The van der Waals surface area contributed by atoms with Gasteiger partial charge in [0.05, 0.1) is 16.5 Å². The number of fused-ring (bicyclic) bond motifs is 1. The van der Waals surface area contributed by atoms with Gasteiger partial charge in [0.1, 0.15) is 5.54 Å². The van der Waals surface area contributed by atoms with Gasteiger partial charge in [0.25, 0.3) is 5.69 Å². The molecule has 1 aliphatic carbocycles. The number of aromatic nitrogens is 1. The van der Waals surface area contributed by atoms with Gasteiger partial charge in [-0.3, -0.25) is 24.3 Å². The van der Waals surface area contributed by atoms with Gasteiger partial charge in [0.2, 0.25) is 11.8 Å². The third-order valence-electron chi connectivity index (χ3n) is 5.98. The third kappa shape index (κ3) is 5.35. The number of amides is 2. The maximum atomic E-state index is 12.8. The van der Waals surface area contributed by atoms with Crippen molar-refractivity contribution in [1.82, 2.24) is 15.2 Å². The Kier molecular flexibility index (Phi) is 7.66. The van der Waals surface area contributed by atoms with E-state index < -0.39 is 16.2 Å². The number of non-ortho nitro benzene ring substituents is 1. The van der Waals surface area contributed by atoms with Crippen molar-refractivity contribution < 1.29 is 18.9 Å². The summed E-state index contributed by atoms with van der Waals surface area (Å²) in [6.45, 7) is 2.88. The fourth-order valence-corrected chi connectivity index (χ4v) is 4.22. The van der Waals surface area contributed by atoms with Gasteiger partial charge in [0, 0.05) is 25.6 Å². The van der Waals surface area contributed by atoms with Crippen LogP contribution in [0.15, 0.2) is 27.4 Å². The second-order valence-corrected chi connectivity index (χ2v) is 8.33. The molecule has 1 saturated carbocycles. The summed E-state index contributed by atoms with van der Waals surface area (Å²) in [7, 11) is 0. The number of oxazole rings is 1. The predicted octanol–water partition coefficient (Wildman–Crippen LogP) is 3.02. The molecule has 174 valence electrons. The molecule has 0 aliphatic heterocycles. The number of unbranched alkanes of at least 4 members (excludes halogenated alkanes) is 1. The molecule has 2 aromatic rings. The Morgan fingerprint density at radius 1 is 1.22 bits per heavy atom. The highest BCUT2D eigenvalue weighted by molar-refractivity contribution is 5.91. The van der Waals surface area contributed by atoms with E-state index in [2.05, 4.69) is 17.6 Å². The first kappa shape index (κ1) is 23.5. The number of hydrogen-bond acceptors (Lipinski definition) is 6. The van der Waals surface area contributed by atoms with E-state index in [-0.39, 0.29) is 36.1 Å². The summed E-state index contributed by atoms with van der Waals surface area (Å²) >= 11 is 0. The monoisotopic (exact) mass is 446 g/mol. The van der Waals surface area contributed by atoms with Crippen molar-refractivity contribution in [2.24, 2.45) is 0 Å². The topological polar surface area (TPSA) is 136 Å². The van der Waals surface area contributed by atoms with Crippen LogP contribution < -0.4 is 16.4 Å². The minimum atomic E-state index is -0.860. The lowest BCUT2D eigenvalue weighted by molar-refractivity contribution is -0.384. The number of nitrogens with zero attached hydrogens (tertiary/aromatic N) is 2. The molecule has 10 nitrogen and oxygen atoms in total. The highest BCUT2D eigenvalue weighted by atomic mass is 16.6. The van der Waals surface area contributed by atoms with Crippen molar-refractivity contribution in [3.05, 3.63) is 38.9 Å². The van der Waals surface area contributed by atoms with Crippen molar-refractivity contribution in [3.63, 3.8) is 0 Å². The van der Waals surface area contributed by atoms with Crippen LogP contribution in [-0.4, -0.2) is 33.4 Å². The van der Waals surface area contributed by atoms with Crippen molar-refractivity contribution in [3.8, 4) is 0 Å². The summed E-state index contributed by atoms with van der Waals surface area (Å²) in [5.41, 5.74) is -0.437. The number of benzene rings is 1. The highest BCUT2D eigenvalue weighted by Crippen LogP contribution is 2.29. The van der Waals surface area contributed by atoms with Crippen molar-refractivity contribution in [1.29, 1.82) is 0 Å². The summed E-state index contributed by atoms with van der Waals surface area (Å²) in [6.07, 6.45) is 6.48. The molecule has 0 spiro atoms. The summed E-state index contributed by atoms with van der Waals surface area (Å²) in [5.74, 6) is -0.966. The molecule has 32 heavy (non-hydrogen) atoms. The molecule has 1 aromatic carbocycles. The number of carbonyl (C=O) groups is 2. The molecule has 2 amide bonds. The van der Waals surface area contributed by atoms with Crippen molar-refractivity contribution in [2.75, 3.05) is 6.54 Å². The Hall–Kier alpha value is -3.17. The lowest BCUT2D eigenvalue weighted by atomic mass is 9.80. The molecular weight excluding hydrogens is 416 g/mol. The molecule has 10 heteroatoms. The van der Waals surface area contributed by atoms with Crippen LogP contribution in [0.4, 0.5) is 5.69 Å². The number of nitrogens with one attached hydrogen (secondary N) is 2. The van der Waals surface area contributed by atoms with Crippen LogP contribution in [0.1, 0.15) is 64.7 Å². The Balaban J connectivity index is 1.61. The van der Waals surface area contributed by atoms with E-state index in [0.29, 0.717) is 31.3 Å². The number of aryl methyl sites for hydroxylation is 1. The first-order valence-electron chi connectivity index (χ1n) is 11.2. The Labute approximate surface area is 185 Å². The molecule has 0 unspecified atom stereocenters. The van der Waals surface area contributed by atoms with Crippen LogP contribution in [0.2, 0.25) is 0 Å². The van der Waals surface area contributed by atoms with Gasteiger partial charge in [-0.05, 0) is 31.7 Å². The second-order valence-electron chi connectivity index (χ2n) is 8.33. The molecule has 0 saturated heterocycles. The fraction of sp³-hybridized carbons (Fsp3) is 0.591. The van der Waals surface area contributed by atoms with Crippen LogP contribution in [0.3, 0.4) is 0 Å². The average molecular weight is 447 g/mol. The first-order valence-corrected chi connectivity index (χ1v) is 11.2.